The smallest absolute Gasteiger partial charge is 0.331 e. The third kappa shape index (κ3) is 4.03. The third-order valence-electron chi connectivity index (χ3n) is 2.13. The highest BCUT2D eigenvalue weighted by Gasteiger charge is 2.06. The van der Waals surface area contributed by atoms with Crippen molar-refractivity contribution in [2.45, 2.75) is 13.8 Å². The number of aliphatic carboxylic acids is 1. The number of carbonyl (C=O) groups is 2. The van der Waals surface area contributed by atoms with Gasteiger partial charge in [0, 0.05) is 21.8 Å². The third-order valence-corrected chi connectivity index (χ3v) is 2.62. The number of carboxylic acids is 1. The van der Waals surface area contributed by atoms with Crippen molar-refractivity contribution in [3.8, 4) is 0 Å². The Kier molecular flexibility index (Phi) is 4.45. The summed E-state index contributed by atoms with van der Waals surface area (Å²) < 4.78 is 0.922. The first-order chi connectivity index (χ1) is 7.90. The number of carboxylic acid groups (broad SMARTS) is 1. The Hall–Kier alpha value is -1.62. The van der Waals surface area contributed by atoms with Crippen molar-refractivity contribution in [3.63, 3.8) is 0 Å². The molecule has 0 saturated carbocycles. The molecule has 0 aliphatic carbocycles. The first-order valence-electron chi connectivity index (χ1n) is 4.89. The van der Waals surface area contributed by atoms with Gasteiger partial charge in [-0.25, -0.2) is 4.79 Å². The highest BCUT2D eigenvalue weighted by Crippen LogP contribution is 2.19. The SMILES string of the molecule is C/C(=C\C(=O)Nc1ccc(Br)cc1C)C(=O)O. The van der Waals surface area contributed by atoms with E-state index in [9.17, 15) is 9.59 Å². The second-order valence-corrected chi connectivity index (χ2v) is 4.50. The van der Waals surface area contributed by atoms with Crippen LogP contribution >= 0.6 is 15.9 Å². The van der Waals surface area contributed by atoms with Crippen LogP contribution in [0, 0.1) is 6.92 Å². The van der Waals surface area contributed by atoms with Crippen molar-refractivity contribution in [2.75, 3.05) is 5.32 Å². The van der Waals surface area contributed by atoms with Crippen molar-refractivity contribution in [1.82, 2.24) is 0 Å². The van der Waals surface area contributed by atoms with Gasteiger partial charge in [-0.2, -0.15) is 0 Å². The molecule has 0 atom stereocenters. The number of halogens is 1. The zero-order valence-electron chi connectivity index (χ0n) is 9.45. The number of amides is 1. The van der Waals surface area contributed by atoms with E-state index in [1.54, 1.807) is 12.1 Å². The molecule has 1 aromatic rings. The molecule has 0 spiro atoms. The van der Waals surface area contributed by atoms with E-state index < -0.39 is 11.9 Å². The van der Waals surface area contributed by atoms with Crippen molar-refractivity contribution in [2.24, 2.45) is 0 Å². The van der Waals surface area contributed by atoms with Crippen molar-refractivity contribution < 1.29 is 14.7 Å². The zero-order chi connectivity index (χ0) is 13.0. The Labute approximate surface area is 107 Å². The van der Waals surface area contributed by atoms with Gasteiger partial charge in [0.15, 0.2) is 0 Å². The Balaban J connectivity index is 2.82. The van der Waals surface area contributed by atoms with Gasteiger partial charge in [0.2, 0.25) is 5.91 Å². The monoisotopic (exact) mass is 297 g/mol. The van der Waals surface area contributed by atoms with Crippen LogP contribution < -0.4 is 5.32 Å². The lowest BCUT2D eigenvalue weighted by atomic mass is 10.2. The lowest BCUT2D eigenvalue weighted by molar-refractivity contribution is -0.132. The lowest BCUT2D eigenvalue weighted by Crippen LogP contribution is -2.11. The maximum absolute atomic E-state index is 11.5. The molecule has 4 nitrogen and oxygen atoms in total. The summed E-state index contributed by atoms with van der Waals surface area (Å²) in [5, 5.41) is 11.3. The van der Waals surface area contributed by atoms with E-state index in [1.807, 2.05) is 13.0 Å². The molecule has 0 heterocycles. The predicted molar refractivity (Wildman–Crippen MR) is 68.9 cm³/mol. The molecule has 1 aromatic carbocycles. The summed E-state index contributed by atoms with van der Waals surface area (Å²) in [5.74, 6) is -1.55. The number of anilines is 1. The molecule has 17 heavy (non-hydrogen) atoms. The molecule has 90 valence electrons. The van der Waals surface area contributed by atoms with Gasteiger partial charge in [-0.15, -0.1) is 0 Å². The minimum Gasteiger partial charge on any atom is -0.478 e. The quantitative estimate of drug-likeness (QED) is 0.843. The standard InChI is InChI=1S/C12H12BrNO3/c1-7-5-9(13)3-4-10(7)14-11(15)6-8(2)12(16)17/h3-6H,1-2H3,(H,14,15)(H,16,17)/b8-6+. The fourth-order valence-electron chi connectivity index (χ4n) is 1.19. The van der Waals surface area contributed by atoms with Crippen LogP contribution in [0.25, 0.3) is 0 Å². The van der Waals surface area contributed by atoms with Crippen LogP contribution in [0.15, 0.2) is 34.3 Å². The molecule has 0 aliphatic heterocycles. The summed E-state index contributed by atoms with van der Waals surface area (Å²) in [4.78, 5) is 22.0. The van der Waals surface area contributed by atoms with Crippen LogP contribution in [-0.2, 0) is 9.59 Å². The van der Waals surface area contributed by atoms with Gasteiger partial charge in [0.1, 0.15) is 0 Å². The first kappa shape index (κ1) is 13.4. The van der Waals surface area contributed by atoms with E-state index in [1.165, 1.54) is 6.92 Å². The topological polar surface area (TPSA) is 66.4 Å². The molecule has 1 amide bonds. The molecule has 2 N–H and O–H groups in total. The summed E-state index contributed by atoms with van der Waals surface area (Å²) in [6.07, 6.45) is 1.06. The Bertz CT molecular complexity index is 495. The Morgan fingerprint density at radius 1 is 1.41 bits per heavy atom. The first-order valence-corrected chi connectivity index (χ1v) is 5.68. The maximum atomic E-state index is 11.5. The zero-order valence-corrected chi connectivity index (χ0v) is 11.0. The van der Waals surface area contributed by atoms with Crippen LogP contribution in [0.2, 0.25) is 0 Å². The average molecular weight is 298 g/mol. The molecular weight excluding hydrogens is 286 g/mol. The van der Waals surface area contributed by atoms with E-state index in [4.69, 9.17) is 5.11 Å². The number of hydrogen-bond acceptors (Lipinski definition) is 2. The molecule has 1 rings (SSSR count). The number of aryl methyl sites for hydroxylation is 1. The van der Waals surface area contributed by atoms with E-state index in [2.05, 4.69) is 21.2 Å². The van der Waals surface area contributed by atoms with E-state index >= 15 is 0 Å². The lowest BCUT2D eigenvalue weighted by Gasteiger charge is -2.06. The van der Waals surface area contributed by atoms with Crippen LogP contribution in [0.3, 0.4) is 0 Å². The molecule has 0 fully saturated rings. The predicted octanol–water partition coefficient (Wildman–Crippen LogP) is 2.73. The maximum Gasteiger partial charge on any atom is 0.331 e. The van der Waals surface area contributed by atoms with Gasteiger partial charge in [-0.3, -0.25) is 4.79 Å². The minimum atomic E-state index is -1.10. The Morgan fingerprint density at radius 3 is 2.59 bits per heavy atom. The minimum absolute atomic E-state index is 0.00253. The van der Waals surface area contributed by atoms with Crippen molar-refractivity contribution >= 4 is 33.5 Å². The number of rotatable bonds is 3. The number of hydrogen-bond donors (Lipinski definition) is 2. The second-order valence-electron chi connectivity index (χ2n) is 3.58. The Morgan fingerprint density at radius 2 is 2.06 bits per heavy atom. The number of carbonyl (C=O) groups excluding carboxylic acids is 1. The summed E-state index contributed by atoms with van der Waals surface area (Å²) in [6, 6.07) is 5.42. The molecule has 5 heteroatoms. The van der Waals surface area contributed by atoms with Gasteiger partial charge in [0.05, 0.1) is 0 Å². The molecule has 0 saturated heterocycles. The summed E-state index contributed by atoms with van der Waals surface area (Å²) >= 11 is 3.32. The molecule has 0 aromatic heterocycles. The van der Waals surface area contributed by atoms with E-state index in [0.717, 1.165) is 16.1 Å². The summed E-state index contributed by atoms with van der Waals surface area (Å²) in [7, 11) is 0. The van der Waals surface area contributed by atoms with Gasteiger partial charge >= 0.3 is 5.97 Å². The average Bonchev–Trinajstić information content (AvgIpc) is 2.22. The number of benzene rings is 1. The molecule has 0 radical (unpaired) electrons. The fourth-order valence-corrected chi connectivity index (χ4v) is 1.67. The van der Waals surface area contributed by atoms with Crippen LogP contribution in [0.5, 0.6) is 0 Å². The van der Waals surface area contributed by atoms with Crippen LogP contribution in [0.1, 0.15) is 12.5 Å². The number of nitrogens with one attached hydrogen (secondary N) is 1. The second kappa shape index (κ2) is 5.63. The van der Waals surface area contributed by atoms with Crippen molar-refractivity contribution in [1.29, 1.82) is 0 Å². The highest BCUT2D eigenvalue weighted by molar-refractivity contribution is 9.10. The van der Waals surface area contributed by atoms with Crippen LogP contribution in [-0.4, -0.2) is 17.0 Å². The molecule has 0 unspecified atom stereocenters. The van der Waals surface area contributed by atoms with Gasteiger partial charge in [-0.1, -0.05) is 15.9 Å². The van der Waals surface area contributed by atoms with Gasteiger partial charge in [-0.05, 0) is 37.6 Å². The molecule has 0 bridgehead atoms. The molecule has 0 aliphatic rings. The molecular formula is C12H12BrNO3. The normalized spacial score (nSPS) is 11.1. The van der Waals surface area contributed by atoms with Crippen LogP contribution in [0.4, 0.5) is 5.69 Å². The van der Waals surface area contributed by atoms with Gasteiger partial charge in [0.25, 0.3) is 0 Å². The largest absolute Gasteiger partial charge is 0.478 e. The highest BCUT2D eigenvalue weighted by atomic mass is 79.9. The van der Waals surface area contributed by atoms with Gasteiger partial charge < -0.3 is 10.4 Å². The van der Waals surface area contributed by atoms with E-state index in [0.29, 0.717) is 5.69 Å². The van der Waals surface area contributed by atoms with Crippen molar-refractivity contribution in [3.05, 3.63) is 39.9 Å². The van der Waals surface area contributed by atoms with E-state index in [-0.39, 0.29) is 5.57 Å². The fraction of sp³-hybridized carbons (Fsp3) is 0.167. The summed E-state index contributed by atoms with van der Waals surface area (Å²) in [6.45, 7) is 3.23. The summed E-state index contributed by atoms with van der Waals surface area (Å²) in [5.41, 5.74) is 1.55.